The molecule has 1 fully saturated rings. The molecule has 1 aliphatic rings. The Morgan fingerprint density at radius 1 is 1.10 bits per heavy atom. The lowest BCUT2D eigenvalue weighted by Gasteiger charge is -2.13. The second-order valence-corrected chi connectivity index (χ2v) is 10.1. The van der Waals surface area contributed by atoms with Crippen LogP contribution in [0, 0.1) is 0 Å². The Hall–Kier alpha value is -2.58. The number of amides is 1. The first-order chi connectivity index (χ1) is 14.0. The Kier molecular flexibility index (Phi) is 5.73. The quantitative estimate of drug-likeness (QED) is 0.612. The molecule has 0 spiro atoms. The molecule has 2 heterocycles. The SMILES string of the molecule is O=C(CSc1ncc(-c2ccccc2)n1-c1ccccc1)NC1CCS(=O)(=O)C1. The summed E-state index contributed by atoms with van der Waals surface area (Å²) in [6, 6.07) is 19.6. The minimum atomic E-state index is -3.02. The van der Waals surface area contributed by atoms with E-state index in [9.17, 15) is 13.2 Å². The lowest BCUT2D eigenvalue weighted by molar-refractivity contribution is -0.119. The molecule has 0 radical (unpaired) electrons. The molecule has 1 aromatic heterocycles. The lowest BCUT2D eigenvalue weighted by atomic mass is 10.1. The smallest absolute Gasteiger partial charge is 0.230 e. The Balaban J connectivity index is 1.53. The predicted molar refractivity (Wildman–Crippen MR) is 115 cm³/mol. The number of aromatic nitrogens is 2. The number of carbonyl (C=O) groups is 1. The fourth-order valence-corrected chi connectivity index (χ4v) is 5.86. The minimum Gasteiger partial charge on any atom is -0.352 e. The van der Waals surface area contributed by atoms with Crippen LogP contribution in [0.4, 0.5) is 0 Å². The van der Waals surface area contributed by atoms with E-state index in [1.807, 2.05) is 71.4 Å². The van der Waals surface area contributed by atoms with Crippen molar-refractivity contribution in [2.45, 2.75) is 17.6 Å². The molecule has 1 saturated heterocycles. The molecule has 2 aromatic carbocycles. The number of rotatable bonds is 6. The normalized spacial score (nSPS) is 17.9. The van der Waals surface area contributed by atoms with Gasteiger partial charge in [0.25, 0.3) is 0 Å². The molecule has 1 atom stereocenters. The Morgan fingerprint density at radius 2 is 1.79 bits per heavy atom. The van der Waals surface area contributed by atoms with Gasteiger partial charge in [-0.2, -0.15) is 0 Å². The van der Waals surface area contributed by atoms with Crippen LogP contribution in [0.1, 0.15) is 6.42 Å². The van der Waals surface area contributed by atoms with Crippen molar-refractivity contribution in [2.75, 3.05) is 17.3 Å². The van der Waals surface area contributed by atoms with E-state index >= 15 is 0 Å². The largest absolute Gasteiger partial charge is 0.352 e. The van der Waals surface area contributed by atoms with E-state index in [1.165, 1.54) is 11.8 Å². The van der Waals surface area contributed by atoms with E-state index in [4.69, 9.17) is 0 Å². The highest BCUT2D eigenvalue weighted by molar-refractivity contribution is 7.99. The maximum absolute atomic E-state index is 12.3. The molecule has 1 unspecified atom stereocenters. The van der Waals surface area contributed by atoms with E-state index in [1.54, 1.807) is 0 Å². The first-order valence-electron chi connectivity index (χ1n) is 9.33. The highest BCUT2D eigenvalue weighted by Gasteiger charge is 2.29. The van der Waals surface area contributed by atoms with Gasteiger partial charge in [-0.05, 0) is 18.6 Å². The number of hydrogen-bond acceptors (Lipinski definition) is 5. The molecule has 0 saturated carbocycles. The highest BCUT2D eigenvalue weighted by Crippen LogP contribution is 2.29. The Morgan fingerprint density at radius 3 is 2.45 bits per heavy atom. The second kappa shape index (κ2) is 8.42. The van der Waals surface area contributed by atoms with Crippen molar-refractivity contribution in [2.24, 2.45) is 0 Å². The predicted octanol–water partition coefficient (Wildman–Crippen LogP) is 2.93. The van der Waals surface area contributed by atoms with Gasteiger partial charge in [-0.3, -0.25) is 9.36 Å². The summed E-state index contributed by atoms with van der Waals surface area (Å²) in [5.41, 5.74) is 2.95. The fourth-order valence-electron chi connectivity index (χ4n) is 3.38. The minimum absolute atomic E-state index is 0.0280. The summed E-state index contributed by atoms with van der Waals surface area (Å²) in [6.45, 7) is 0. The van der Waals surface area contributed by atoms with Gasteiger partial charge in [-0.1, -0.05) is 60.3 Å². The van der Waals surface area contributed by atoms with Gasteiger partial charge in [-0.25, -0.2) is 13.4 Å². The molecule has 4 rings (SSSR count). The van der Waals surface area contributed by atoms with Crippen LogP contribution in [-0.4, -0.2) is 47.2 Å². The van der Waals surface area contributed by atoms with E-state index in [0.717, 1.165) is 16.9 Å². The topological polar surface area (TPSA) is 81.1 Å². The Bertz CT molecular complexity index is 1100. The molecule has 0 aliphatic carbocycles. The van der Waals surface area contributed by atoms with Crippen LogP contribution in [0.25, 0.3) is 16.9 Å². The first-order valence-corrected chi connectivity index (χ1v) is 12.1. The molecular formula is C21H21N3O3S2. The van der Waals surface area contributed by atoms with E-state index in [2.05, 4.69) is 10.3 Å². The van der Waals surface area contributed by atoms with Gasteiger partial charge < -0.3 is 5.32 Å². The number of imidazole rings is 1. The molecule has 6 nitrogen and oxygen atoms in total. The summed E-state index contributed by atoms with van der Waals surface area (Å²) in [7, 11) is -3.02. The van der Waals surface area contributed by atoms with Gasteiger partial charge in [0.2, 0.25) is 5.91 Å². The zero-order chi connectivity index (χ0) is 20.3. The van der Waals surface area contributed by atoms with E-state index < -0.39 is 9.84 Å². The maximum atomic E-state index is 12.3. The van der Waals surface area contributed by atoms with Gasteiger partial charge >= 0.3 is 0 Å². The molecule has 8 heteroatoms. The number of hydrogen-bond donors (Lipinski definition) is 1. The van der Waals surface area contributed by atoms with E-state index in [-0.39, 0.29) is 29.2 Å². The van der Waals surface area contributed by atoms with Crippen LogP contribution in [0.5, 0.6) is 0 Å². The first kappa shape index (κ1) is 19.7. The Labute approximate surface area is 174 Å². The van der Waals surface area contributed by atoms with Crippen LogP contribution in [0.3, 0.4) is 0 Å². The standard InChI is InChI=1S/C21H21N3O3S2/c25-20(23-17-11-12-29(26,27)15-17)14-28-21-22-13-19(16-7-3-1-4-8-16)24(21)18-9-5-2-6-10-18/h1-10,13,17H,11-12,14-15H2,(H,23,25). The van der Waals surface area contributed by atoms with Crippen LogP contribution in [-0.2, 0) is 14.6 Å². The number of sulfone groups is 1. The van der Waals surface area contributed by atoms with Crippen LogP contribution >= 0.6 is 11.8 Å². The molecule has 1 amide bonds. The van der Waals surface area contributed by atoms with Gasteiger partial charge in [0.15, 0.2) is 15.0 Å². The molecule has 150 valence electrons. The summed E-state index contributed by atoms with van der Waals surface area (Å²) in [5, 5.41) is 3.54. The highest BCUT2D eigenvalue weighted by atomic mass is 32.2. The van der Waals surface area contributed by atoms with Crippen molar-refractivity contribution in [1.82, 2.24) is 14.9 Å². The van der Waals surface area contributed by atoms with Gasteiger partial charge in [0.05, 0.1) is 29.1 Å². The van der Waals surface area contributed by atoms with Crippen molar-refractivity contribution >= 4 is 27.5 Å². The van der Waals surface area contributed by atoms with Crippen molar-refractivity contribution in [3.63, 3.8) is 0 Å². The second-order valence-electron chi connectivity index (χ2n) is 6.92. The summed E-state index contributed by atoms with van der Waals surface area (Å²) < 4.78 is 25.2. The third-order valence-corrected chi connectivity index (χ3v) is 7.46. The average Bonchev–Trinajstić information content (AvgIpc) is 3.30. The lowest BCUT2D eigenvalue weighted by Crippen LogP contribution is -2.36. The van der Waals surface area contributed by atoms with Gasteiger partial charge in [0, 0.05) is 17.3 Å². The number of nitrogens with one attached hydrogen (secondary N) is 1. The average molecular weight is 428 g/mol. The van der Waals surface area contributed by atoms with Crippen LogP contribution < -0.4 is 5.32 Å². The molecule has 29 heavy (non-hydrogen) atoms. The third-order valence-electron chi connectivity index (χ3n) is 4.74. The third kappa shape index (κ3) is 4.71. The number of carbonyl (C=O) groups excluding carboxylic acids is 1. The zero-order valence-electron chi connectivity index (χ0n) is 15.7. The summed E-state index contributed by atoms with van der Waals surface area (Å²) in [6.07, 6.45) is 2.29. The van der Waals surface area contributed by atoms with Gasteiger partial charge in [-0.15, -0.1) is 0 Å². The number of benzene rings is 2. The van der Waals surface area contributed by atoms with Gasteiger partial charge in [0.1, 0.15) is 0 Å². The van der Waals surface area contributed by atoms with Crippen LogP contribution in [0.2, 0.25) is 0 Å². The molecule has 1 N–H and O–H groups in total. The zero-order valence-corrected chi connectivity index (χ0v) is 17.3. The molecule has 3 aromatic rings. The molecule has 0 bridgehead atoms. The van der Waals surface area contributed by atoms with Crippen molar-refractivity contribution in [1.29, 1.82) is 0 Å². The number of nitrogens with zero attached hydrogens (tertiary/aromatic N) is 2. The van der Waals surface area contributed by atoms with Crippen LogP contribution in [0.15, 0.2) is 72.0 Å². The fraction of sp³-hybridized carbons (Fsp3) is 0.238. The van der Waals surface area contributed by atoms with Crippen molar-refractivity contribution in [3.05, 3.63) is 66.9 Å². The maximum Gasteiger partial charge on any atom is 0.230 e. The summed E-state index contributed by atoms with van der Waals surface area (Å²) in [4.78, 5) is 16.9. The monoisotopic (exact) mass is 427 g/mol. The molecule has 1 aliphatic heterocycles. The van der Waals surface area contributed by atoms with E-state index in [0.29, 0.717) is 11.6 Å². The molecular weight excluding hydrogens is 406 g/mol. The summed E-state index contributed by atoms with van der Waals surface area (Å²) in [5.74, 6) is 0.166. The summed E-state index contributed by atoms with van der Waals surface area (Å²) >= 11 is 1.34. The number of thioether (sulfide) groups is 1. The number of para-hydroxylation sites is 1. The van der Waals surface area contributed by atoms with Crippen molar-refractivity contribution < 1.29 is 13.2 Å². The van der Waals surface area contributed by atoms with Crippen molar-refractivity contribution in [3.8, 4) is 16.9 Å².